The molecule has 2 heterocycles. The standard InChI is InChI=1S/C20H19N3O5S/c24-18(12-26-15-8-9-16-17(11-15)28-13-27-16)21-20-23-22-19(29-20)7-4-10-25-14-5-2-1-3-6-14/h1-3,5-6,8-9,11H,4,7,10,12-13H2,(H,21,23,24). The van der Waals surface area contributed by atoms with E-state index in [1.807, 2.05) is 30.3 Å². The lowest BCUT2D eigenvalue weighted by molar-refractivity contribution is -0.118. The zero-order valence-electron chi connectivity index (χ0n) is 15.5. The van der Waals surface area contributed by atoms with Gasteiger partial charge in [-0.3, -0.25) is 10.1 Å². The van der Waals surface area contributed by atoms with Crippen molar-refractivity contribution >= 4 is 22.4 Å². The number of nitrogens with one attached hydrogen (secondary N) is 1. The maximum absolute atomic E-state index is 12.1. The molecule has 8 nitrogen and oxygen atoms in total. The van der Waals surface area contributed by atoms with Gasteiger partial charge in [0.1, 0.15) is 16.5 Å². The van der Waals surface area contributed by atoms with Gasteiger partial charge in [-0.1, -0.05) is 29.5 Å². The van der Waals surface area contributed by atoms with Crippen LogP contribution in [0.3, 0.4) is 0 Å². The molecule has 0 atom stereocenters. The Morgan fingerprint density at radius 2 is 1.90 bits per heavy atom. The monoisotopic (exact) mass is 413 g/mol. The molecular formula is C20H19N3O5S. The molecule has 29 heavy (non-hydrogen) atoms. The predicted octanol–water partition coefficient (Wildman–Crippen LogP) is 3.30. The van der Waals surface area contributed by atoms with E-state index >= 15 is 0 Å². The summed E-state index contributed by atoms with van der Waals surface area (Å²) in [6, 6.07) is 14.8. The highest BCUT2D eigenvalue weighted by atomic mass is 32.1. The normalized spacial score (nSPS) is 11.9. The number of anilines is 1. The average molecular weight is 413 g/mol. The van der Waals surface area contributed by atoms with Crippen LogP contribution in [0.15, 0.2) is 48.5 Å². The van der Waals surface area contributed by atoms with Gasteiger partial charge >= 0.3 is 0 Å². The summed E-state index contributed by atoms with van der Waals surface area (Å²) >= 11 is 1.34. The van der Waals surface area contributed by atoms with Crippen LogP contribution >= 0.6 is 11.3 Å². The molecule has 1 N–H and O–H groups in total. The molecule has 4 rings (SSSR count). The third-order valence-electron chi connectivity index (χ3n) is 3.97. The second-order valence-electron chi connectivity index (χ2n) is 6.12. The largest absolute Gasteiger partial charge is 0.494 e. The summed E-state index contributed by atoms with van der Waals surface area (Å²) in [5.74, 6) is 2.34. The first-order valence-electron chi connectivity index (χ1n) is 9.09. The van der Waals surface area contributed by atoms with Gasteiger partial charge in [0.25, 0.3) is 5.91 Å². The van der Waals surface area contributed by atoms with Crippen LogP contribution in [0.1, 0.15) is 11.4 Å². The number of carbonyl (C=O) groups is 1. The van der Waals surface area contributed by atoms with E-state index in [0.29, 0.717) is 29.0 Å². The van der Waals surface area contributed by atoms with Crippen molar-refractivity contribution in [3.63, 3.8) is 0 Å². The number of benzene rings is 2. The Morgan fingerprint density at radius 1 is 1.03 bits per heavy atom. The smallest absolute Gasteiger partial charge is 0.264 e. The summed E-state index contributed by atoms with van der Waals surface area (Å²) < 4.78 is 21.7. The quantitative estimate of drug-likeness (QED) is 0.538. The van der Waals surface area contributed by atoms with Crippen LogP contribution in [-0.2, 0) is 11.2 Å². The first-order chi connectivity index (χ1) is 14.3. The van der Waals surface area contributed by atoms with Crippen molar-refractivity contribution in [1.29, 1.82) is 0 Å². The highest BCUT2D eigenvalue weighted by molar-refractivity contribution is 7.15. The van der Waals surface area contributed by atoms with E-state index in [1.165, 1.54) is 11.3 Å². The van der Waals surface area contributed by atoms with E-state index in [9.17, 15) is 4.79 Å². The first-order valence-corrected chi connectivity index (χ1v) is 9.90. The van der Waals surface area contributed by atoms with Crippen LogP contribution in [0.5, 0.6) is 23.0 Å². The molecule has 0 spiro atoms. The number of fused-ring (bicyclic) bond motifs is 1. The van der Waals surface area contributed by atoms with Gasteiger partial charge < -0.3 is 18.9 Å². The molecule has 0 saturated heterocycles. The molecule has 150 valence electrons. The van der Waals surface area contributed by atoms with Gasteiger partial charge in [-0.15, -0.1) is 10.2 Å². The van der Waals surface area contributed by atoms with Crippen molar-refractivity contribution in [1.82, 2.24) is 10.2 Å². The number of para-hydroxylation sites is 1. The maximum atomic E-state index is 12.1. The third-order valence-corrected chi connectivity index (χ3v) is 4.87. The van der Waals surface area contributed by atoms with Crippen LogP contribution in [0.25, 0.3) is 0 Å². The fourth-order valence-electron chi connectivity index (χ4n) is 2.61. The van der Waals surface area contributed by atoms with Crippen LogP contribution in [0, 0.1) is 0 Å². The molecule has 1 amide bonds. The number of aryl methyl sites for hydroxylation is 1. The summed E-state index contributed by atoms with van der Waals surface area (Å²) in [6.07, 6.45) is 1.54. The Bertz CT molecular complexity index is 964. The molecule has 0 unspecified atom stereocenters. The summed E-state index contributed by atoms with van der Waals surface area (Å²) in [5.41, 5.74) is 0. The predicted molar refractivity (Wildman–Crippen MR) is 107 cm³/mol. The summed E-state index contributed by atoms with van der Waals surface area (Å²) in [4.78, 5) is 12.1. The zero-order chi connectivity index (χ0) is 19.9. The lowest BCUT2D eigenvalue weighted by atomic mass is 10.3. The van der Waals surface area contributed by atoms with Crippen molar-refractivity contribution in [2.75, 3.05) is 25.3 Å². The summed E-state index contributed by atoms with van der Waals surface area (Å²) in [6.45, 7) is 0.644. The van der Waals surface area contributed by atoms with E-state index < -0.39 is 0 Å². The Hall–Kier alpha value is -3.33. The van der Waals surface area contributed by atoms with Crippen molar-refractivity contribution in [2.45, 2.75) is 12.8 Å². The number of nitrogens with zero attached hydrogens (tertiary/aromatic N) is 2. The second-order valence-corrected chi connectivity index (χ2v) is 7.18. The number of hydrogen-bond acceptors (Lipinski definition) is 8. The fourth-order valence-corrected chi connectivity index (χ4v) is 3.40. The zero-order valence-corrected chi connectivity index (χ0v) is 16.3. The lowest BCUT2D eigenvalue weighted by Gasteiger charge is -2.06. The van der Waals surface area contributed by atoms with E-state index in [2.05, 4.69) is 15.5 Å². The van der Waals surface area contributed by atoms with Gasteiger partial charge in [0, 0.05) is 12.5 Å². The molecule has 3 aromatic rings. The van der Waals surface area contributed by atoms with Crippen molar-refractivity contribution in [3.8, 4) is 23.0 Å². The summed E-state index contributed by atoms with van der Waals surface area (Å²) in [7, 11) is 0. The number of hydrogen-bond donors (Lipinski definition) is 1. The number of aromatic nitrogens is 2. The third kappa shape index (κ3) is 5.35. The minimum atomic E-state index is -0.308. The lowest BCUT2D eigenvalue weighted by Crippen LogP contribution is -2.20. The topological polar surface area (TPSA) is 91.8 Å². The Labute approximate surface area is 171 Å². The highest BCUT2D eigenvalue weighted by Gasteiger charge is 2.15. The van der Waals surface area contributed by atoms with Crippen molar-refractivity contribution < 1.29 is 23.7 Å². The van der Waals surface area contributed by atoms with Crippen molar-refractivity contribution in [2.24, 2.45) is 0 Å². The molecule has 0 radical (unpaired) electrons. The minimum absolute atomic E-state index is 0.139. The number of rotatable bonds is 9. The van der Waals surface area contributed by atoms with Crippen LogP contribution < -0.4 is 24.3 Å². The van der Waals surface area contributed by atoms with Gasteiger partial charge in [0.2, 0.25) is 11.9 Å². The molecule has 9 heteroatoms. The van der Waals surface area contributed by atoms with Gasteiger partial charge in [-0.25, -0.2) is 0 Å². The van der Waals surface area contributed by atoms with E-state index in [1.54, 1.807) is 18.2 Å². The van der Waals surface area contributed by atoms with Gasteiger partial charge in [-0.2, -0.15) is 0 Å². The van der Waals surface area contributed by atoms with E-state index in [0.717, 1.165) is 23.6 Å². The van der Waals surface area contributed by atoms with Gasteiger partial charge in [-0.05, 0) is 30.7 Å². The van der Waals surface area contributed by atoms with E-state index in [-0.39, 0.29) is 19.3 Å². The summed E-state index contributed by atoms with van der Waals surface area (Å²) in [5, 5.41) is 12.1. The molecule has 0 saturated carbocycles. The number of ether oxygens (including phenoxy) is 4. The maximum Gasteiger partial charge on any atom is 0.264 e. The van der Waals surface area contributed by atoms with Gasteiger partial charge in [0.05, 0.1) is 6.61 Å². The van der Waals surface area contributed by atoms with Gasteiger partial charge in [0.15, 0.2) is 18.1 Å². The Balaban J connectivity index is 1.18. The molecule has 0 fully saturated rings. The van der Waals surface area contributed by atoms with E-state index in [4.69, 9.17) is 18.9 Å². The molecule has 1 aliphatic rings. The molecule has 1 aliphatic heterocycles. The SMILES string of the molecule is O=C(COc1ccc2c(c1)OCO2)Nc1nnc(CCCOc2ccccc2)s1. The number of carbonyl (C=O) groups excluding carboxylic acids is 1. The Kier molecular flexibility index (Phi) is 6.06. The van der Waals surface area contributed by atoms with Crippen LogP contribution in [0.4, 0.5) is 5.13 Å². The second kappa shape index (κ2) is 9.24. The minimum Gasteiger partial charge on any atom is -0.494 e. The molecule has 0 aliphatic carbocycles. The molecule has 2 aromatic carbocycles. The molecule has 0 bridgehead atoms. The molecular weight excluding hydrogens is 394 g/mol. The van der Waals surface area contributed by atoms with Crippen LogP contribution in [0.2, 0.25) is 0 Å². The first kappa shape index (κ1) is 19.0. The molecule has 1 aromatic heterocycles. The fraction of sp³-hybridized carbons (Fsp3) is 0.250. The Morgan fingerprint density at radius 3 is 2.79 bits per heavy atom. The highest BCUT2D eigenvalue weighted by Crippen LogP contribution is 2.35. The van der Waals surface area contributed by atoms with Crippen molar-refractivity contribution in [3.05, 3.63) is 53.5 Å². The average Bonchev–Trinajstić information content (AvgIpc) is 3.39. The number of amides is 1. The van der Waals surface area contributed by atoms with Crippen LogP contribution in [-0.4, -0.2) is 36.1 Å².